The van der Waals surface area contributed by atoms with Gasteiger partial charge in [-0.15, -0.1) is 11.3 Å². The van der Waals surface area contributed by atoms with Crippen molar-refractivity contribution >= 4 is 44.6 Å². The number of hydrogen-bond acceptors (Lipinski definition) is 4. The zero-order chi connectivity index (χ0) is 17.2. The zero-order valence-corrected chi connectivity index (χ0v) is 15.3. The Morgan fingerprint density at radius 2 is 1.71 bits per heavy atom. The van der Waals surface area contributed by atoms with Gasteiger partial charge in [-0.05, 0) is 49.2 Å². The van der Waals surface area contributed by atoms with E-state index in [1.54, 1.807) is 24.3 Å². The van der Waals surface area contributed by atoms with Crippen molar-refractivity contribution in [2.75, 3.05) is 18.4 Å². The average molecular weight is 385 g/mol. The van der Waals surface area contributed by atoms with Crippen LogP contribution in [0.2, 0.25) is 4.34 Å². The van der Waals surface area contributed by atoms with Gasteiger partial charge < -0.3 is 5.32 Å². The van der Waals surface area contributed by atoms with Crippen LogP contribution in [0.5, 0.6) is 0 Å². The first-order chi connectivity index (χ1) is 11.5. The number of nitrogens with zero attached hydrogens (tertiary/aromatic N) is 1. The van der Waals surface area contributed by atoms with Gasteiger partial charge in [0.2, 0.25) is 10.0 Å². The van der Waals surface area contributed by atoms with Gasteiger partial charge in [-0.3, -0.25) is 4.79 Å². The molecule has 2 aromatic rings. The van der Waals surface area contributed by atoms with E-state index in [1.165, 1.54) is 27.8 Å². The number of nitrogens with one attached hydrogen (secondary N) is 1. The Labute approximate surface area is 150 Å². The summed E-state index contributed by atoms with van der Waals surface area (Å²) in [4.78, 5) is 12.8. The summed E-state index contributed by atoms with van der Waals surface area (Å²) in [6.07, 6.45) is 2.87. The first-order valence-electron chi connectivity index (χ1n) is 7.64. The Balaban J connectivity index is 1.72. The molecule has 1 fully saturated rings. The molecule has 1 amide bonds. The van der Waals surface area contributed by atoms with Gasteiger partial charge in [0.25, 0.3) is 5.91 Å². The molecule has 24 heavy (non-hydrogen) atoms. The topological polar surface area (TPSA) is 66.5 Å². The summed E-state index contributed by atoms with van der Waals surface area (Å²) in [7, 11) is -3.45. The first-order valence-corrected chi connectivity index (χ1v) is 10.3. The molecule has 0 atom stereocenters. The molecule has 0 saturated carbocycles. The third-order valence-corrected chi connectivity index (χ3v) is 7.00. The van der Waals surface area contributed by atoms with Crippen LogP contribution in [0.15, 0.2) is 41.3 Å². The van der Waals surface area contributed by atoms with Crippen molar-refractivity contribution in [1.29, 1.82) is 0 Å². The van der Waals surface area contributed by atoms with Crippen molar-refractivity contribution in [3.8, 4) is 0 Å². The molecule has 0 unspecified atom stereocenters. The third-order valence-electron chi connectivity index (χ3n) is 3.86. The monoisotopic (exact) mass is 384 g/mol. The van der Waals surface area contributed by atoms with Crippen LogP contribution in [0.4, 0.5) is 5.69 Å². The van der Waals surface area contributed by atoms with E-state index in [-0.39, 0.29) is 10.8 Å². The average Bonchev–Trinajstić information content (AvgIpc) is 3.03. The molecule has 1 aromatic carbocycles. The number of anilines is 1. The van der Waals surface area contributed by atoms with E-state index in [1.807, 2.05) is 0 Å². The van der Waals surface area contributed by atoms with E-state index in [0.717, 1.165) is 19.3 Å². The molecule has 8 heteroatoms. The van der Waals surface area contributed by atoms with Gasteiger partial charge >= 0.3 is 0 Å². The van der Waals surface area contributed by atoms with Gasteiger partial charge in [-0.25, -0.2) is 8.42 Å². The zero-order valence-electron chi connectivity index (χ0n) is 12.9. The van der Waals surface area contributed by atoms with Crippen molar-refractivity contribution in [3.05, 3.63) is 45.6 Å². The molecule has 1 aliphatic rings. The number of piperidine rings is 1. The molecule has 1 N–H and O–H groups in total. The van der Waals surface area contributed by atoms with E-state index >= 15 is 0 Å². The van der Waals surface area contributed by atoms with E-state index < -0.39 is 10.0 Å². The minimum absolute atomic E-state index is 0.251. The maximum absolute atomic E-state index is 12.6. The second kappa shape index (κ2) is 7.23. The van der Waals surface area contributed by atoms with Crippen molar-refractivity contribution in [3.63, 3.8) is 0 Å². The maximum Gasteiger partial charge on any atom is 0.265 e. The van der Waals surface area contributed by atoms with Gasteiger partial charge in [0, 0.05) is 18.8 Å². The van der Waals surface area contributed by atoms with Gasteiger partial charge in [0.05, 0.1) is 14.1 Å². The minimum Gasteiger partial charge on any atom is -0.321 e. The Kier molecular flexibility index (Phi) is 5.24. The number of benzene rings is 1. The van der Waals surface area contributed by atoms with Crippen molar-refractivity contribution in [2.24, 2.45) is 0 Å². The molecule has 0 radical (unpaired) electrons. The highest BCUT2D eigenvalue weighted by molar-refractivity contribution is 7.89. The van der Waals surface area contributed by atoms with E-state index in [0.29, 0.717) is 28.0 Å². The summed E-state index contributed by atoms with van der Waals surface area (Å²) in [6, 6.07) is 9.57. The number of carbonyl (C=O) groups excluding carboxylic acids is 1. The lowest BCUT2D eigenvalue weighted by molar-refractivity contribution is 0.103. The number of carbonyl (C=O) groups is 1. The van der Waals surface area contributed by atoms with Crippen LogP contribution in [0.25, 0.3) is 0 Å². The molecule has 1 aliphatic heterocycles. The summed E-state index contributed by atoms with van der Waals surface area (Å²) < 4.78 is 27.2. The largest absolute Gasteiger partial charge is 0.321 e. The predicted molar refractivity (Wildman–Crippen MR) is 96.3 cm³/mol. The van der Waals surface area contributed by atoms with Gasteiger partial charge in [-0.2, -0.15) is 4.31 Å². The molecule has 5 nitrogen and oxygen atoms in total. The quantitative estimate of drug-likeness (QED) is 0.871. The number of halogens is 1. The van der Waals surface area contributed by atoms with Gasteiger partial charge in [0.1, 0.15) is 0 Å². The Bertz CT molecular complexity index is 825. The molecular weight excluding hydrogens is 368 g/mol. The highest BCUT2D eigenvalue weighted by atomic mass is 35.5. The van der Waals surface area contributed by atoms with Crippen LogP contribution in [0.1, 0.15) is 28.9 Å². The molecule has 3 rings (SSSR count). The number of sulfonamides is 1. The number of thiophene rings is 1. The standard InChI is InChI=1S/C16H17ClN2O3S2/c17-15-9-8-14(23-15)16(20)18-12-4-6-13(7-5-12)24(21,22)19-10-2-1-3-11-19/h4-9H,1-3,10-11H2,(H,18,20). The fraction of sp³-hybridized carbons (Fsp3) is 0.312. The summed E-state index contributed by atoms with van der Waals surface area (Å²) in [6.45, 7) is 1.14. The second-order valence-electron chi connectivity index (χ2n) is 5.55. The Morgan fingerprint density at radius 1 is 1.04 bits per heavy atom. The molecular formula is C16H17ClN2O3S2. The van der Waals surface area contributed by atoms with Crippen LogP contribution in [0, 0.1) is 0 Å². The lowest BCUT2D eigenvalue weighted by Crippen LogP contribution is -2.35. The smallest absolute Gasteiger partial charge is 0.265 e. The maximum atomic E-state index is 12.6. The first kappa shape index (κ1) is 17.4. The van der Waals surface area contributed by atoms with Crippen LogP contribution < -0.4 is 5.32 Å². The second-order valence-corrected chi connectivity index (χ2v) is 9.20. The van der Waals surface area contributed by atoms with Gasteiger partial charge in [0.15, 0.2) is 0 Å². The van der Waals surface area contributed by atoms with Crippen molar-refractivity contribution < 1.29 is 13.2 Å². The summed E-state index contributed by atoms with van der Waals surface area (Å²) in [5, 5.41) is 2.73. The van der Waals surface area contributed by atoms with Crippen LogP contribution in [-0.4, -0.2) is 31.7 Å². The van der Waals surface area contributed by atoms with Gasteiger partial charge in [-0.1, -0.05) is 18.0 Å². The Morgan fingerprint density at radius 3 is 2.29 bits per heavy atom. The molecule has 0 bridgehead atoms. The van der Waals surface area contributed by atoms with Crippen LogP contribution in [-0.2, 0) is 10.0 Å². The highest BCUT2D eigenvalue weighted by Crippen LogP contribution is 2.24. The highest BCUT2D eigenvalue weighted by Gasteiger charge is 2.25. The van der Waals surface area contributed by atoms with Crippen LogP contribution in [0.3, 0.4) is 0 Å². The van der Waals surface area contributed by atoms with E-state index in [4.69, 9.17) is 11.6 Å². The summed E-state index contributed by atoms with van der Waals surface area (Å²) in [5.74, 6) is -0.265. The summed E-state index contributed by atoms with van der Waals surface area (Å²) >= 11 is 7.01. The summed E-state index contributed by atoms with van der Waals surface area (Å²) in [5.41, 5.74) is 0.544. The van der Waals surface area contributed by atoms with E-state index in [9.17, 15) is 13.2 Å². The fourth-order valence-electron chi connectivity index (χ4n) is 2.59. The third kappa shape index (κ3) is 3.80. The number of hydrogen-bond donors (Lipinski definition) is 1. The van der Waals surface area contributed by atoms with Crippen LogP contribution >= 0.6 is 22.9 Å². The molecule has 1 saturated heterocycles. The molecule has 128 valence electrons. The lowest BCUT2D eigenvalue weighted by Gasteiger charge is -2.25. The molecule has 1 aromatic heterocycles. The van der Waals surface area contributed by atoms with Crippen molar-refractivity contribution in [2.45, 2.75) is 24.2 Å². The predicted octanol–water partition coefficient (Wildman–Crippen LogP) is 3.83. The lowest BCUT2D eigenvalue weighted by atomic mass is 10.2. The number of amides is 1. The van der Waals surface area contributed by atoms with E-state index in [2.05, 4.69) is 5.32 Å². The molecule has 0 spiro atoms. The normalized spacial score (nSPS) is 16.0. The SMILES string of the molecule is O=C(Nc1ccc(S(=O)(=O)N2CCCCC2)cc1)c1ccc(Cl)s1. The molecule has 2 heterocycles. The molecule has 0 aliphatic carbocycles. The number of rotatable bonds is 4. The fourth-order valence-corrected chi connectivity index (χ4v) is 5.05. The minimum atomic E-state index is -3.45. The Hall–Kier alpha value is -1.41. The van der Waals surface area contributed by atoms with Crippen molar-refractivity contribution in [1.82, 2.24) is 4.31 Å².